The minimum atomic E-state index is -3.45. The fourth-order valence-electron chi connectivity index (χ4n) is 3.71. The molecule has 0 aliphatic carbocycles. The second-order valence-corrected chi connectivity index (χ2v) is 10.4. The van der Waals surface area contributed by atoms with Crippen molar-refractivity contribution in [1.82, 2.24) is 9.29 Å². The van der Waals surface area contributed by atoms with Gasteiger partial charge in [-0.1, -0.05) is 48.9 Å². The number of hydrogen-bond donors (Lipinski definition) is 0. The van der Waals surface area contributed by atoms with Gasteiger partial charge in [0.15, 0.2) is 0 Å². The van der Waals surface area contributed by atoms with Crippen molar-refractivity contribution in [1.29, 1.82) is 0 Å². The highest BCUT2D eigenvalue weighted by molar-refractivity contribution is 7.89. The lowest BCUT2D eigenvalue weighted by Gasteiger charge is -2.30. The van der Waals surface area contributed by atoms with E-state index in [-0.39, 0.29) is 6.10 Å². The van der Waals surface area contributed by atoms with Gasteiger partial charge in [0.2, 0.25) is 10.0 Å². The van der Waals surface area contributed by atoms with Crippen LogP contribution in [-0.4, -0.2) is 36.9 Å². The van der Waals surface area contributed by atoms with Gasteiger partial charge in [-0.15, -0.1) is 0 Å². The number of hydrogen-bond acceptors (Lipinski definition) is 5. The van der Waals surface area contributed by atoms with E-state index in [1.807, 2.05) is 37.3 Å². The third-order valence-corrected chi connectivity index (χ3v) is 8.19. The zero-order valence-corrected chi connectivity index (χ0v) is 18.4. The normalized spacial score (nSPS) is 16.3. The van der Waals surface area contributed by atoms with Crippen molar-refractivity contribution in [3.8, 4) is 5.19 Å². The van der Waals surface area contributed by atoms with Crippen LogP contribution in [0.4, 0.5) is 0 Å². The number of piperidine rings is 1. The van der Waals surface area contributed by atoms with E-state index in [0.717, 1.165) is 28.6 Å². The number of para-hydroxylation sites is 1. The lowest BCUT2D eigenvalue weighted by atomic mass is 10.1. The molecule has 5 nitrogen and oxygen atoms in total. The van der Waals surface area contributed by atoms with E-state index in [1.54, 1.807) is 27.8 Å². The number of thiazole rings is 1. The summed E-state index contributed by atoms with van der Waals surface area (Å²) in [6.07, 6.45) is 3.35. The van der Waals surface area contributed by atoms with E-state index in [4.69, 9.17) is 4.74 Å². The van der Waals surface area contributed by atoms with Gasteiger partial charge in [-0.25, -0.2) is 13.4 Å². The Bertz CT molecular complexity index is 1080. The molecule has 0 unspecified atom stereocenters. The fraction of sp³-hybridized carbons (Fsp3) is 0.409. The molecule has 1 fully saturated rings. The first-order valence-electron chi connectivity index (χ1n) is 10.1. The zero-order chi connectivity index (χ0) is 20.4. The fourth-order valence-corrected chi connectivity index (χ4v) is 6.14. The Balaban J connectivity index is 1.39. The van der Waals surface area contributed by atoms with Gasteiger partial charge >= 0.3 is 0 Å². The predicted molar refractivity (Wildman–Crippen MR) is 117 cm³/mol. The highest BCUT2D eigenvalue weighted by Crippen LogP contribution is 2.32. The molecular weight excluding hydrogens is 404 g/mol. The summed E-state index contributed by atoms with van der Waals surface area (Å²) in [6.45, 7) is 5.09. The second kappa shape index (κ2) is 8.42. The SMILES string of the molecule is CCCc1ccc(S(=O)(=O)N2CCC(Oc3nc4c(C)cccc4s3)CC2)cc1. The first-order chi connectivity index (χ1) is 14.0. The van der Waals surface area contributed by atoms with E-state index in [1.165, 1.54) is 5.56 Å². The molecule has 29 heavy (non-hydrogen) atoms. The third kappa shape index (κ3) is 4.32. The topological polar surface area (TPSA) is 59.5 Å². The van der Waals surface area contributed by atoms with Crippen LogP contribution in [0.2, 0.25) is 0 Å². The molecule has 1 aromatic heterocycles. The Kier molecular flexibility index (Phi) is 5.90. The van der Waals surface area contributed by atoms with Gasteiger partial charge in [0.25, 0.3) is 5.19 Å². The van der Waals surface area contributed by atoms with Crippen molar-refractivity contribution >= 4 is 31.6 Å². The maximum absolute atomic E-state index is 13.0. The van der Waals surface area contributed by atoms with Gasteiger partial charge in [-0.3, -0.25) is 0 Å². The molecule has 1 aliphatic rings. The maximum Gasteiger partial charge on any atom is 0.274 e. The third-order valence-electron chi connectivity index (χ3n) is 5.37. The lowest BCUT2D eigenvalue weighted by molar-refractivity contribution is 0.135. The van der Waals surface area contributed by atoms with E-state index < -0.39 is 10.0 Å². The summed E-state index contributed by atoms with van der Waals surface area (Å²) in [7, 11) is -3.45. The van der Waals surface area contributed by atoms with E-state index in [0.29, 0.717) is 36.0 Å². The number of nitrogens with zero attached hydrogens (tertiary/aromatic N) is 2. The molecule has 154 valence electrons. The largest absolute Gasteiger partial charge is 0.467 e. The van der Waals surface area contributed by atoms with Crippen molar-refractivity contribution < 1.29 is 13.2 Å². The Labute approximate surface area is 176 Å². The van der Waals surface area contributed by atoms with Gasteiger partial charge in [0.1, 0.15) is 6.10 Å². The molecule has 0 radical (unpaired) electrons. The molecule has 0 N–H and O–H groups in total. The quantitative estimate of drug-likeness (QED) is 0.564. The number of rotatable bonds is 6. The summed E-state index contributed by atoms with van der Waals surface area (Å²) in [6, 6.07) is 13.4. The van der Waals surface area contributed by atoms with Crippen molar-refractivity contribution in [3.63, 3.8) is 0 Å². The van der Waals surface area contributed by atoms with Crippen LogP contribution in [0.25, 0.3) is 10.2 Å². The van der Waals surface area contributed by atoms with Crippen molar-refractivity contribution in [2.24, 2.45) is 0 Å². The van der Waals surface area contributed by atoms with Crippen LogP contribution in [0.1, 0.15) is 37.3 Å². The molecule has 0 spiro atoms. The molecule has 4 rings (SSSR count). The molecular formula is C22H26N2O3S2. The molecule has 1 aliphatic heterocycles. The lowest BCUT2D eigenvalue weighted by Crippen LogP contribution is -2.41. The summed E-state index contributed by atoms with van der Waals surface area (Å²) in [4.78, 5) is 4.98. The number of benzene rings is 2. The minimum Gasteiger partial charge on any atom is -0.467 e. The molecule has 3 aromatic rings. The van der Waals surface area contributed by atoms with E-state index in [9.17, 15) is 8.42 Å². The highest BCUT2D eigenvalue weighted by Gasteiger charge is 2.30. The van der Waals surface area contributed by atoms with Crippen LogP contribution in [0, 0.1) is 6.92 Å². The summed E-state index contributed by atoms with van der Waals surface area (Å²) in [5.41, 5.74) is 3.29. The summed E-state index contributed by atoms with van der Waals surface area (Å²) < 4.78 is 34.7. The smallest absolute Gasteiger partial charge is 0.274 e. The van der Waals surface area contributed by atoms with Gasteiger partial charge in [-0.05, 0) is 55.5 Å². The first-order valence-corrected chi connectivity index (χ1v) is 12.3. The maximum atomic E-state index is 13.0. The average molecular weight is 431 g/mol. The van der Waals surface area contributed by atoms with E-state index in [2.05, 4.69) is 11.9 Å². The Morgan fingerprint density at radius 2 is 1.86 bits per heavy atom. The number of fused-ring (bicyclic) bond motifs is 1. The van der Waals surface area contributed by atoms with Crippen LogP contribution in [0.5, 0.6) is 5.19 Å². The average Bonchev–Trinajstić information content (AvgIpc) is 3.13. The molecule has 7 heteroatoms. The summed E-state index contributed by atoms with van der Waals surface area (Å²) >= 11 is 1.55. The Hall–Kier alpha value is -1.96. The Morgan fingerprint density at radius 3 is 2.52 bits per heavy atom. The summed E-state index contributed by atoms with van der Waals surface area (Å²) in [5.74, 6) is 0. The van der Waals surface area contributed by atoms with Gasteiger partial charge in [0, 0.05) is 13.1 Å². The second-order valence-electron chi connectivity index (χ2n) is 7.52. The highest BCUT2D eigenvalue weighted by atomic mass is 32.2. The molecule has 2 aromatic carbocycles. The van der Waals surface area contributed by atoms with Crippen LogP contribution < -0.4 is 4.74 Å². The minimum absolute atomic E-state index is 0.00533. The van der Waals surface area contributed by atoms with Gasteiger partial charge in [0.05, 0.1) is 15.1 Å². The molecule has 2 heterocycles. The number of aromatic nitrogens is 1. The van der Waals surface area contributed by atoms with Crippen LogP contribution in [0.3, 0.4) is 0 Å². The molecule has 1 saturated heterocycles. The Morgan fingerprint density at radius 1 is 1.14 bits per heavy atom. The van der Waals surface area contributed by atoms with Crippen LogP contribution >= 0.6 is 11.3 Å². The molecule has 0 amide bonds. The van der Waals surface area contributed by atoms with Crippen molar-refractivity contribution in [2.45, 2.75) is 50.5 Å². The van der Waals surface area contributed by atoms with E-state index >= 15 is 0 Å². The molecule has 0 bridgehead atoms. The number of ether oxygens (including phenoxy) is 1. The number of aryl methyl sites for hydroxylation is 2. The summed E-state index contributed by atoms with van der Waals surface area (Å²) in [5, 5.41) is 0.669. The predicted octanol–water partition coefficient (Wildman–Crippen LogP) is 4.79. The molecule has 0 atom stereocenters. The monoisotopic (exact) mass is 430 g/mol. The van der Waals surface area contributed by atoms with Gasteiger partial charge < -0.3 is 4.74 Å². The molecule has 0 saturated carbocycles. The van der Waals surface area contributed by atoms with Crippen LogP contribution in [0.15, 0.2) is 47.4 Å². The standard InChI is InChI=1S/C22H26N2O3S2/c1-3-5-17-8-10-19(11-9-17)29(25,26)24-14-12-18(13-15-24)27-22-23-21-16(2)6-4-7-20(21)28-22/h4,6-11,18H,3,5,12-15H2,1-2H3. The first kappa shape index (κ1) is 20.3. The zero-order valence-electron chi connectivity index (χ0n) is 16.8. The van der Waals surface area contributed by atoms with Crippen molar-refractivity contribution in [2.75, 3.05) is 13.1 Å². The number of sulfonamides is 1. The van der Waals surface area contributed by atoms with Gasteiger partial charge in [-0.2, -0.15) is 4.31 Å². The van der Waals surface area contributed by atoms with Crippen LogP contribution in [-0.2, 0) is 16.4 Å². The van der Waals surface area contributed by atoms with Crippen molar-refractivity contribution in [3.05, 3.63) is 53.6 Å².